The van der Waals surface area contributed by atoms with Crippen LogP contribution in [-0.4, -0.2) is 5.96 Å². The van der Waals surface area contributed by atoms with Crippen LogP contribution in [0, 0.1) is 18.4 Å². The molecule has 1 aliphatic rings. The first-order chi connectivity index (χ1) is 11.7. The van der Waals surface area contributed by atoms with E-state index in [0.717, 1.165) is 29.9 Å². The second-order valence-corrected chi connectivity index (χ2v) is 6.10. The normalized spacial score (nSPS) is 13.3. The van der Waals surface area contributed by atoms with Gasteiger partial charge in [-0.1, -0.05) is 35.9 Å². The van der Waals surface area contributed by atoms with E-state index in [1.54, 1.807) is 0 Å². The van der Waals surface area contributed by atoms with E-state index in [2.05, 4.69) is 39.1 Å². The summed E-state index contributed by atoms with van der Waals surface area (Å²) in [6.07, 6.45) is 1.91. The van der Waals surface area contributed by atoms with Crippen molar-refractivity contribution in [2.45, 2.75) is 26.6 Å². The smallest absolute Gasteiger partial charge is 0.209 e. The quantitative estimate of drug-likeness (QED) is 0.347. The molecule has 3 N–H and O–H groups in total. The Morgan fingerprint density at radius 1 is 1.25 bits per heavy atom. The molecule has 0 spiro atoms. The van der Waals surface area contributed by atoms with E-state index in [9.17, 15) is 0 Å². The molecule has 1 aliphatic heterocycles. The lowest BCUT2D eigenvalue weighted by Crippen LogP contribution is -2.26. The zero-order valence-electron chi connectivity index (χ0n) is 13.4. The molecule has 2 aromatic rings. The number of guanidine groups is 1. The van der Waals surface area contributed by atoms with Crippen LogP contribution in [0.25, 0.3) is 0 Å². The van der Waals surface area contributed by atoms with Gasteiger partial charge < -0.3 is 10.6 Å². The molecule has 6 heteroatoms. The third-order valence-electron chi connectivity index (χ3n) is 3.93. The van der Waals surface area contributed by atoms with Gasteiger partial charge in [-0.25, -0.2) is 4.99 Å². The number of aryl methyl sites for hydroxylation is 1. The summed E-state index contributed by atoms with van der Waals surface area (Å²) < 4.78 is 0. The minimum Gasteiger partial charge on any atom is -0.325 e. The van der Waals surface area contributed by atoms with Gasteiger partial charge in [-0.15, -0.1) is 0 Å². The molecule has 2 aromatic carbocycles. The number of aliphatic imine (C=N–C) groups is 1. The Morgan fingerprint density at radius 2 is 2.08 bits per heavy atom. The summed E-state index contributed by atoms with van der Waals surface area (Å²) in [7, 11) is 0. The molecule has 0 aliphatic carbocycles. The highest BCUT2D eigenvalue weighted by atomic mass is 35.5. The van der Waals surface area contributed by atoms with Crippen LogP contribution in [-0.2, 0) is 19.6 Å². The number of anilines is 1. The highest BCUT2D eigenvalue weighted by Gasteiger charge is 2.10. The first kappa shape index (κ1) is 16.3. The minimum absolute atomic E-state index is 0.399. The molecule has 1 heterocycles. The molecule has 3 rings (SSSR count). The molecule has 0 radical (unpaired) electrons. The van der Waals surface area contributed by atoms with E-state index in [1.807, 2.05) is 31.3 Å². The second-order valence-electron chi connectivity index (χ2n) is 5.70. The highest BCUT2D eigenvalue weighted by Crippen LogP contribution is 2.20. The van der Waals surface area contributed by atoms with E-state index in [0.29, 0.717) is 17.5 Å². The van der Waals surface area contributed by atoms with Gasteiger partial charge in [-0.05, 0) is 41.3 Å². The number of halogens is 1. The highest BCUT2D eigenvalue weighted by molar-refractivity contribution is 6.31. The maximum Gasteiger partial charge on any atom is 0.209 e. The summed E-state index contributed by atoms with van der Waals surface area (Å²) in [5, 5.41) is 18.6. The van der Waals surface area contributed by atoms with Crippen molar-refractivity contribution in [1.29, 1.82) is 5.26 Å². The van der Waals surface area contributed by atoms with Crippen molar-refractivity contribution < 1.29 is 0 Å². The molecule has 122 valence electrons. The summed E-state index contributed by atoms with van der Waals surface area (Å²) in [6.45, 7) is 4.26. The van der Waals surface area contributed by atoms with Crippen LogP contribution in [0.4, 0.5) is 5.69 Å². The molecule has 5 nitrogen and oxygen atoms in total. The van der Waals surface area contributed by atoms with Crippen LogP contribution in [0.5, 0.6) is 0 Å². The molecule has 0 saturated carbocycles. The Balaban J connectivity index is 1.73. The third kappa shape index (κ3) is 3.85. The summed E-state index contributed by atoms with van der Waals surface area (Å²) >= 11 is 6.13. The molecule has 24 heavy (non-hydrogen) atoms. The third-order valence-corrected chi connectivity index (χ3v) is 4.34. The maximum atomic E-state index is 8.92. The monoisotopic (exact) mass is 339 g/mol. The minimum atomic E-state index is 0.399. The van der Waals surface area contributed by atoms with Crippen LogP contribution in [0.1, 0.15) is 22.3 Å². The predicted octanol–water partition coefficient (Wildman–Crippen LogP) is 3.29. The Hall–Kier alpha value is -2.55. The predicted molar refractivity (Wildman–Crippen MR) is 96.7 cm³/mol. The van der Waals surface area contributed by atoms with E-state index < -0.39 is 0 Å². The number of rotatable bonds is 3. The number of fused-ring (bicyclic) bond motifs is 1. The van der Waals surface area contributed by atoms with Gasteiger partial charge in [0, 0.05) is 23.8 Å². The van der Waals surface area contributed by atoms with Crippen molar-refractivity contribution in [2.24, 2.45) is 4.99 Å². The largest absolute Gasteiger partial charge is 0.325 e. The van der Waals surface area contributed by atoms with Gasteiger partial charge in [0.2, 0.25) is 5.96 Å². The van der Waals surface area contributed by atoms with E-state index >= 15 is 0 Å². The van der Waals surface area contributed by atoms with Gasteiger partial charge in [-0.2, -0.15) is 5.26 Å². The van der Waals surface area contributed by atoms with Gasteiger partial charge in [-0.3, -0.25) is 5.32 Å². The lowest BCUT2D eigenvalue weighted by Gasteiger charge is -2.10. The Morgan fingerprint density at radius 3 is 2.88 bits per heavy atom. The van der Waals surface area contributed by atoms with Crippen LogP contribution < -0.4 is 16.0 Å². The van der Waals surface area contributed by atoms with Crippen molar-refractivity contribution in [2.75, 3.05) is 5.32 Å². The van der Waals surface area contributed by atoms with Gasteiger partial charge >= 0.3 is 0 Å². The lowest BCUT2D eigenvalue weighted by atomic mass is 10.1. The van der Waals surface area contributed by atoms with Crippen molar-refractivity contribution in [3.63, 3.8) is 0 Å². The fourth-order valence-electron chi connectivity index (χ4n) is 2.59. The van der Waals surface area contributed by atoms with Crippen molar-refractivity contribution in [3.05, 3.63) is 63.7 Å². The fraction of sp³-hybridized carbons (Fsp3) is 0.222. The molecule has 0 bridgehead atoms. The molecular weight excluding hydrogens is 322 g/mol. The van der Waals surface area contributed by atoms with Crippen molar-refractivity contribution in [3.8, 4) is 6.19 Å². The molecule has 0 saturated heterocycles. The van der Waals surface area contributed by atoms with Crippen molar-refractivity contribution >= 4 is 23.2 Å². The number of nitriles is 1. The zero-order valence-corrected chi connectivity index (χ0v) is 14.1. The van der Waals surface area contributed by atoms with Crippen molar-refractivity contribution in [1.82, 2.24) is 10.6 Å². The Labute approximate surface area is 146 Å². The molecule has 0 aromatic heterocycles. The fourth-order valence-corrected chi connectivity index (χ4v) is 2.77. The molecule has 0 fully saturated rings. The van der Waals surface area contributed by atoms with E-state index in [1.165, 1.54) is 11.1 Å². The number of nitrogens with zero attached hydrogens (tertiary/aromatic N) is 2. The lowest BCUT2D eigenvalue weighted by molar-refractivity contribution is 0.764. The van der Waals surface area contributed by atoms with Crippen LogP contribution >= 0.6 is 11.6 Å². The standard InChI is InChI=1S/C18H18ClN5/c1-12-2-5-16(7-17(12)19)24-18(23-11-20)22-8-13-3-4-14-9-21-10-15(14)6-13/h2-7,21H,8-10H2,1H3,(H2,22,23,24). The topological polar surface area (TPSA) is 72.2 Å². The number of hydrogen-bond donors (Lipinski definition) is 3. The molecule has 0 unspecified atom stereocenters. The van der Waals surface area contributed by atoms with Crippen LogP contribution in [0.2, 0.25) is 5.02 Å². The summed E-state index contributed by atoms with van der Waals surface area (Å²) in [5.74, 6) is 0.399. The van der Waals surface area contributed by atoms with E-state index in [-0.39, 0.29) is 0 Å². The molecule has 0 amide bonds. The first-order valence-electron chi connectivity index (χ1n) is 7.70. The first-order valence-corrected chi connectivity index (χ1v) is 8.07. The average Bonchev–Trinajstić information content (AvgIpc) is 3.04. The zero-order chi connectivity index (χ0) is 16.9. The maximum absolute atomic E-state index is 8.92. The van der Waals surface area contributed by atoms with Crippen LogP contribution in [0.3, 0.4) is 0 Å². The average molecular weight is 340 g/mol. The van der Waals surface area contributed by atoms with Crippen LogP contribution in [0.15, 0.2) is 41.4 Å². The Kier molecular flexibility index (Phi) is 4.99. The molecular formula is C18H18ClN5. The van der Waals surface area contributed by atoms with E-state index in [4.69, 9.17) is 16.9 Å². The summed E-state index contributed by atoms with van der Waals surface area (Å²) in [4.78, 5) is 4.47. The van der Waals surface area contributed by atoms with Gasteiger partial charge in [0.05, 0.1) is 6.54 Å². The SMILES string of the molecule is Cc1ccc(NC(=NCc2ccc3c(c2)CNC3)NC#N)cc1Cl. The summed E-state index contributed by atoms with van der Waals surface area (Å²) in [6, 6.07) is 12.0. The molecule has 0 atom stereocenters. The second kappa shape index (κ2) is 7.35. The summed E-state index contributed by atoms with van der Waals surface area (Å²) in [5.41, 5.74) is 5.55. The number of benzene rings is 2. The van der Waals surface area contributed by atoms with Gasteiger partial charge in [0.15, 0.2) is 6.19 Å². The number of hydrogen-bond acceptors (Lipinski definition) is 3. The Bertz CT molecular complexity index is 823. The van der Waals surface area contributed by atoms with Gasteiger partial charge in [0.25, 0.3) is 0 Å². The van der Waals surface area contributed by atoms with Gasteiger partial charge in [0.1, 0.15) is 0 Å². The number of nitrogens with one attached hydrogen (secondary N) is 3.